The maximum atomic E-state index is 13.0. The molecule has 0 fully saturated rings. The van der Waals surface area contributed by atoms with Gasteiger partial charge in [-0.25, -0.2) is 4.39 Å². The number of hydrogen-bond donors (Lipinski definition) is 1. The molecule has 0 aliphatic heterocycles. The van der Waals surface area contributed by atoms with Crippen molar-refractivity contribution in [3.05, 3.63) is 46.3 Å². The zero-order chi connectivity index (χ0) is 14.7. The first-order valence-corrected chi connectivity index (χ1v) is 6.05. The Morgan fingerprint density at radius 3 is 2.90 bits per heavy atom. The molecule has 1 aromatic heterocycles. The van der Waals surface area contributed by atoms with Gasteiger partial charge in [0.15, 0.2) is 5.82 Å². The van der Waals surface area contributed by atoms with E-state index in [0.717, 1.165) is 6.07 Å². The number of nitrogens with one attached hydrogen (secondary N) is 1. The van der Waals surface area contributed by atoms with Gasteiger partial charge in [0, 0.05) is 6.04 Å². The summed E-state index contributed by atoms with van der Waals surface area (Å²) in [5.41, 5.74) is -0.0599. The molecule has 20 heavy (non-hydrogen) atoms. The molecular weight excluding hydrogens is 265 g/mol. The first-order chi connectivity index (χ1) is 9.49. The van der Waals surface area contributed by atoms with Gasteiger partial charge in [0.25, 0.3) is 5.69 Å². The number of aromatic nitrogens is 3. The van der Waals surface area contributed by atoms with Crippen LogP contribution < -0.4 is 5.32 Å². The topological polar surface area (TPSA) is 85.9 Å². The molecule has 0 aliphatic carbocycles. The standard InChI is InChI=1S/C12H14FN5O2/c1-8(2)17-7-15-16-12(17)6-14-10-4-3-9(13)5-11(10)18(19)20/h3-5,7-8,14H,6H2,1-2H3. The van der Waals surface area contributed by atoms with Crippen molar-refractivity contribution >= 4 is 11.4 Å². The molecule has 0 saturated carbocycles. The number of nitrogens with zero attached hydrogens (tertiary/aromatic N) is 4. The summed E-state index contributed by atoms with van der Waals surface area (Å²) in [6.45, 7) is 4.23. The summed E-state index contributed by atoms with van der Waals surface area (Å²) in [6.07, 6.45) is 1.60. The molecule has 2 rings (SSSR count). The Hall–Kier alpha value is -2.51. The first kappa shape index (κ1) is 13.9. The van der Waals surface area contributed by atoms with Crippen molar-refractivity contribution in [1.29, 1.82) is 0 Å². The third-order valence-corrected chi connectivity index (χ3v) is 2.80. The van der Waals surface area contributed by atoms with Crippen molar-refractivity contribution in [2.24, 2.45) is 0 Å². The highest BCUT2D eigenvalue weighted by molar-refractivity contribution is 5.61. The number of nitro benzene ring substituents is 1. The van der Waals surface area contributed by atoms with Crippen molar-refractivity contribution in [3.8, 4) is 0 Å². The third kappa shape index (κ3) is 2.90. The van der Waals surface area contributed by atoms with Gasteiger partial charge in [0.1, 0.15) is 17.8 Å². The minimum Gasteiger partial charge on any atom is -0.372 e. The number of benzene rings is 1. The molecule has 0 aliphatic rings. The lowest BCUT2D eigenvalue weighted by Gasteiger charge is -2.11. The van der Waals surface area contributed by atoms with Crippen molar-refractivity contribution in [2.45, 2.75) is 26.4 Å². The van der Waals surface area contributed by atoms with Crippen LogP contribution in [-0.2, 0) is 6.54 Å². The smallest absolute Gasteiger partial charge is 0.295 e. The van der Waals surface area contributed by atoms with Gasteiger partial charge in [-0.2, -0.15) is 0 Å². The van der Waals surface area contributed by atoms with Crippen LogP contribution in [0.3, 0.4) is 0 Å². The zero-order valence-electron chi connectivity index (χ0n) is 11.1. The van der Waals surface area contributed by atoms with Gasteiger partial charge in [0.05, 0.1) is 17.5 Å². The summed E-state index contributed by atoms with van der Waals surface area (Å²) in [5, 5.41) is 21.5. The van der Waals surface area contributed by atoms with Crippen LogP contribution >= 0.6 is 0 Å². The Morgan fingerprint density at radius 2 is 2.25 bits per heavy atom. The van der Waals surface area contributed by atoms with Gasteiger partial charge in [-0.3, -0.25) is 10.1 Å². The van der Waals surface area contributed by atoms with Gasteiger partial charge in [-0.05, 0) is 26.0 Å². The molecule has 1 heterocycles. The molecule has 0 saturated heterocycles. The number of nitro groups is 1. The molecule has 1 N–H and O–H groups in total. The third-order valence-electron chi connectivity index (χ3n) is 2.80. The van der Waals surface area contributed by atoms with E-state index in [0.29, 0.717) is 5.82 Å². The molecule has 7 nitrogen and oxygen atoms in total. The van der Waals surface area contributed by atoms with Gasteiger partial charge in [-0.15, -0.1) is 10.2 Å². The Bertz CT molecular complexity index is 626. The maximum absolute atomic E-state index is 13.0. The lowest BCUT2D eigenvalue weighted by Crippen LogP contribution is -2.11. The van der Waals surface area contributed by atoms with E-state index in [-0.39, 0.29) is 24.0 Å². The molecule has 0 radical (unpaired) electrons. The average Bonchev–Trinajstić information content (AvgIpc) is 2.85. The molecule has 0 unspecified atom stereocenters. The van der Waals surface area contributed by atoms with Crippen molar-refractivity contribution in [3.63, 3.8) is 0 Å². The molecule has 1 aromatic carbocycles. The van der Waals surface area contributed by atoms with Crippen LogP contribution in [0.15, 0.2) is 24.5 Å². The largest absolute Gasteiger partial charge is 0.372 e. The van der Waals surface area contributed by atoms with E-state index in [1.807, 2.05) is 18.4 Å². The summed E-state index contributed by atoms with van der Waals surface area (Å²) in [4.78, 5) is 10.2. The van der Waals surface area contributed by atoms with E-state index in [1.54, 1.807) is 6.33 Å². The number of hydrogen-bond acceptors (Lipinski definition) is 5. The molecule has 106 valence electrons. The van der Waals surface area contributed by atoms with Crippen LogP contribution in [0, 0.1) is 15.9 Å². The van der Waals surface area contributed by atoms with Crippen LogP contribution in [0.4, 0.5) is 15.8 Å². The van der Waals surface area contributed by atoms with E-state index >= 15 is 0 Å². The molecule has 0 atom stereocenters. The van der Waals surface area contributed by atoms with Crippen molar-refractivity contribution < 1.29 is 9.31 Å². The Balaban J connectivity index is 2.19. The summed E-state index contributed by atoms with van der Waals surface area (Å²) in [5.74, 6) is 0.00576. The highest BCUT2D eigenvalue weighted by Gasteiger charge is 2.15. The molecule has 0 bridgehead atoms. The zero-order valence-corrected chi connectivity index (χ0v) is 11.1. The van der Waals surface area contributed by atoms with Gasteiger partial charge in [0.2, 0.25) is 0 Å². The van der Waals surface area contributed by atoms with Crippen LogP contribution in [0.5, 0.6) is 0 Å². The van der Waals surface area contributed by atoms with E-state index in [4.69, 9.17) is 0 Å². The molecule has 0 spiro atoms. The minimum atomic E-state index is -0.646. The Morgan fingerprint density at radius 1 is 1.50 bits per heavy atom. The van der Waals surface area contributed by atoms with Gasteiger partial charge >= 0.3 is 0 Å². The molecular formula is C12H14FN5O2. The lowest BCUT2D eigenvalue weighted by atomic mass is 10.2. The second-order valence-corrected chi connectivity index (χ2v) is 4.52. The first-order valence-electron chi connectivity index (χ1n) is 6.05. The minimum absolute atomic E-state index is 0.185. The van der Waals surface area contributed by atoms with Crippen LogP contribution in [-0.4, -0.2) is 19.7 Å². The van der Waals surface area contributed by atoms with Gasteiger partial charge in [-0.1, -0.05) is 0 Å². The summed E-state index contributed by atoms with van der Waals surface area (Å²) in [7, 11) is 0. The van der Waals surface area contributed by atoms with E-state index in [1.165, 1.54) is 12.1 Å². The monoisotopic (exact) mass is 279 g/mol. The van der Waals surface area contributed by atoms with Gasteiger partial charge < -0.3 is 9.88 Å². The predicted molar refractivity (Wildman–Crippen MR) is 70.8 cm³/mol. The van der Waals surface area contributed by atoms with Crippen LogP contribution in [0.2, 0.25) is 0 Å². The lowest BCUT2D eigenvalue weighted by molar-refractivity contribution is -0.384. The average molecular weight is 279 g/mol. The van der Waals surface area contributed by atoms with Crippen LogP contribution in [0.25, 0.3) is 0 Å². The number of rotatable bonds is 5. The second-order valence-electron chi connectivity index (χ2n) is 4.52. The van der Waals surface area contributed by atoms with Crippen LogP contribution in [0.1, 0.15) is 25.7 Å². The number of halogens is 1. The SMILES string of the molecule is CC(C)n1cnnc1CNc1ccc(F)cc1[N+](=O)[O-]. The normalized spacial score (nSPS) is 10.8. The molecule has 8 heteroatoms. The molecule has 2 aromatic rings. The highest BCUT2D eigenvalue weighted by atomic mass is 19.1. The van der Waals surface area contributed by atoms with E-state index < -0.39 is 10.7 Å². The fourth-order valence-corrected chi connectivity index (χ4v) is 1.80. The fourth-order valence-electron chi connectivity index (χ4n) is 1.80. The second kappa shape index (κ2) is 5.64. The summed E-state index contributed by atoms with van der Waals surface area (Å²) in [6, 6.07) is 3.58. The summed E-state index contributed by atoms with van der Waals surface area (Å²) < 4.78 is 14.9. The predicted octanol–water partition coefficient (Wildman–Crippen LogP) is 2.52. The Kier molecular flexibility index (Phi) is 3.92. The fraction of sp³-hybridized carbons (Fsp3) is 0.333. The number of anilines is 1. The highest BCUT2D eigenvalue weighted by Crippen LogP contribution is 2.25. The maximum Gasteiger partial charge on any atom is 0.295 e. The van der Waals surface area contributed by atoms with Crippen molar-refractivity contribution in [1.82, 2.24) is 14.8 Å². The molecule has 0 amide bonds. The summed E-state index contributed by atoms with van der Waals surface area (Å²) >= 11 is 0. The quantitative estimate of drug-likeness (QED) is 0.671. The van der Waals surface area contributed by atoms with E-state index in [2.05, 4.69) is 15.5 Å². The Labute approximate surface area is 114 Å². The van der Waals surface area contributed by atoms with E-state index in [9.17, 15) is 14.5 Å². The van der Waals surface area contributed by atoms with Crippen molar-refractivity contribution in [2.75, 3.05) is 5.32 Å².